The third-order valence-corrected chi connectivity index (χ3v) is 5.99. The lowest BCUT2D eigenvalue weighted by molar-refractivity contribution is -0.149. The molecule has 3 rings (SSSR count). The molecule has 1 saturated heterocycles. The third-order valence-electron chi connectivity index (χ3n) is 5.99. The van der Waals surface area contributed by atoms with E-state index in [0.717, 1.165) is 25.1 Å². The van der Waals surface area contributed by atoms with Crippen LogP contribution in [0.15, 0.2) is 40.8 Å². The van der Waals surface area contributed by atoms with Crippen molar-refractivity contribution in [3.8, 4) is 0 Å². The number of nitrogens with zero attached hydrogens (tertiary/aromatic N) is 2. The summed E-state index contributed by atoms with van der Waals surface area (Å²) in [6, 6.07) is 12.2. The molecule has 1 aromatic heterocycles. The monoisotopic (exact) mass is 440 g/mol. The quantitative estimate of drug-likeness (QED) is 0.579. The number of benzene rings is 1. The highest BCUT2D eigenvalue weighted by Crippen LogP contribution is 2.24. The topological polar surface area (TPSA) is 63.0 Å². The normalized spacial score (nSPS) is 16.9. The van der Waals surface area contributed by atoms with Gasteiger partial charge >= 0.3 is 5.97 Å². The van der Waals surface area contributed by atoms with Crippen molar-refractivity contribution in [3.05, 3.63) is 59.0 Å². The van der Waals surface area contributed by atoms with E-state index in [1.54, 1.807) is 17.9 Å². The van der Waals surface area contributed by atoms with Crippen molar-refractivity contribution < 1.29 is 18.7 Å². The Kier molecular flexibility index (Phi) is 7.77. The predicted molar refractivity (Wildman–Crippen MR) is 124 cm³/mol. The molecule has 1 unspecified atom stereocenters. The summed E-state index contributed by atoms with van der Waals surface area (Å²) in [5, 5.41) is 0. The predicted octanol–water partition coefficient (Wildman–Crippen LogP) is 4.80. The highest BCUT2D eigenvalue weighted by atomic mass is 16.5. The zero-order valence-electron chi connectivity index (χ0n) is 20.0. The number of carbonyl (C=O) groups excluding carboxylic acids is 2. The van der Waals surface area contributed by atoms with Crippen LogP contribution in [0.4, 0.5) is 0 Å². The average Bonchev–Trinajstić information content (AvgIpc) is 3.22. The van der Waals surface area contributed by atoms with Gasteiger partial charge in [0.2, 0.25) is 0 Å². The molecule has 1 fully saturated rings. The van der Waals surface area contributed by atoms with Gasteiger partial charge in [-0.25, -0.2) is 0 Å². The van der Waals surface area contributed by atoms with Crippen LogP contribution >= 0.6 is 0 Å². The number of furan rings is 1. The molecule has 0 bridgehead atoms. The van der Waals surface area contributed by atoms with Crippen LogP contribution in [0.2, 0.25) is 0 Å². The Morgan fingerprint density at radius 2 is 1.84 bits per heavy atom. The van der Waals surface area contributed by atoms with Gasteiger partial charge in [0.15, 0.2) is 5.76 Å². The van der Waals surface area contributed by atoms with Gasteiger partial charge in [-0.2, -0.15) is 0 Å². The van der Waals surface area contributed by atoms with E-state index in [0.29, 0.717) is 32.0 Å². The first-order valence-corrected chi connectivity index (χ1v) is 11.5. The fraction of sp³-hybridized carbons (Fsp3) is 0.538. The zero-order valence-corrected chi connectivity index (χ0v) is 20.0. The first-order chi connectivity index (χ1) is 15.2. The van der Waals surface area contributed by atoms with E-state index in [1.807, 2.05) is 6.07 Å². The number of ether oxygens (including phenoxy) is 1. The molecule has 1 aliphatic rings. The van der Waals surface area contributed by atoms with Crippen LogP contribution in [0.25, 0.3) is 0 Å². The summed E-state index contributed by atoms with van der Waals surface area (Å²) in [6.07, 6.45) is 1.54. The second-order valence-electron chi connectivity index (χ2n) is 9.62. The number of aryl methyl sites for hydroxylation is 1. The molecule has 1 aliphatic heterocycles. The van der Waals surface area contributed by atoms with E-state index < -0.39 is 0 Å². The Morgan fingerprint density at radius 1 is 1.12 bits per heavy atom. The minimum atomic E-state index is -0.257. The van der Waals surface area contributed by atoms with Crippen LogP contribution < -0.4 is 0 Å². The summed E-state index contributed by atoms with van der Waals surface area (Å²) in [4.78, 5) is 29.2. The van der Waals surface area contributed by atoms with Crippen molar-refractivity contribution in [1.82, 2.24) is 9.80 Å². The summed E-state index contributed by atoms with van der Waals surface area (Å²) in [5.74, 6) is 0.448. The van der Waals surface area contributed by atoms with Crippen LogP contribution in [0.1, 0.15) is 68.0 Å². The van der Waals surface area contributed by atoms with E-state index in [1.165, 1.54) is 11.1 Å². The molecule has 32 heavy (non-hydrogen) atoms. The lowest BCUT2D eigenvalue weighted by atomic mass is 9.98. The van der Waals surface area contributed by atoms with E-state index in [4.69, 9.17) is 9.15 Å². The highest BCUT2D eigenvalue weighted by Gasteiger charge is 2.31. The highest BCUT2D eigenvalue weighted by molar-refractivity contribution is 5.92. The Morgan fingerprint density at radius 3 is 2.50 bits per heavy atom. The zero-order chi connectivity index (χ0) is 23.3. The smallest absolute Gasteiger partial charge is 0.310 e. The number of hydrogen-bond acceptors (Lipinski definition) is 5. The standard InChI is InChI=1S/C26H36N2O4/c1-6-31-25(30)21-8-7-15-27(17-21)24(29)23-14-13-22(32-23)18-28(26(3,4)5)16-20-11-9-19(2)10-12-20/h9-14,21H,6-8,15-18H2,1-5H3. The molecular formula is C26H36N2O4. The molecule has 0 radical (unpaired) electrons. The minimum Gasteiger partial charge on any atom is -0.466 e. The summed E-state index contributed by atoms with van der Waals surface area (Å²) in [5.41, 5.74) is 2.42. The van der Waals surface area contributed by atoms with Gasteiger partial charge in [-0.1, -0.05) is 29.8 Å². The first kappa shape index (κ1) is 24.1. The van der Waals surface area contributed by atoms with Crippen molar-refractivity contribution in [2.45, 2.75) is 66.1 Å². The maximum atomic E-state index is 13.0. The fourth-order valence-corrected chi connectivity index (χ4v) is 3.98. The number of amides is 1. The Bertz CT molecular complexity index is 911. The molecule has 2 aromatic rings. The maximum absolute atomic E-state index is 13.0. The van der Waals surface area contributed by atoms with Crippen LogP contribution in [0.3, 0.4) is 0 Å². The van der Waals surface area contributed by atoms with Crippen LogP contribution in [0.5, 0.6) is 0 Å². The second-order valence-corrected chi connectivity index (χ2v) is 9.62. The summed E-state index contributed by atoms with van der Waals surface area (Å²) in [6.45, 7) is 13.2. The molecule has 0 aliphatic carbocycles. The van der Waals surface area contributed by atoms with Gasteiger partial charge in [0.05, 0.1) is 19.1 Å². The Labute approximate surface area is 191 Å². The Hall–Kier alpha value is -2.60. The van der Waals surface area contributed by atoms with Crippen molar-refractivity contribution >= 4 is 11.9 Å². The van der Waals surface area contributed by atoms with Crippen LogP contribution in [0, 0.1) is 12.8 Å². The molecule has 1 aromatic carbocycles. The van der Waals surface area contributed by atoms with Crippen molar-refractivity contribution in [1.29, 1.82) is 0 Å². The van der Waals surface area contributed by atoms with Gasteiger partial charge in [0, 0.05) is 25.2 Å². The number of piperidine rings is 1. The molecule has 174 valence electrons. The van der Waals surface area contributed by atoms with Gasteiger partial charge in [0.1, 0.15) is 5.76 Å². The van der Waals surface area contributed by atoms with E-state index in [9.17, 15) is 9.59 Å². The SMILES string of the molecule is CCOC(=O)C1CCCN(C(=O)c2ccc(CN(Cc3ccc(C)cc3)C(C)(C)C)o2)C1. The number of esters is 1. The van der Waals surface area contributed by atoms with Crippen LogP contribution in [-0.2, 0) is 22.6 Å². The van der Waals surface area contributed by atoms with Gasteiger partial charge in [-0.15, -0.1) is 0 Å². The number of likely N-dealkylation sites (tertiary alicyclic amines) is 1. The lowest BCUT2D eigenvalue weighted by Crippen LogP contribution is -2.42. The first-order valence-electron chi connectivity index (χ1n) is 11.5. The van der Waals surface area contributed by atoms with Crippen molar-refractivity contribution in [2.75, 3.05) is 19.7 Å². The minimum absolute atomic E-state index is 0.0679. The maximum Gasteiger partial charge on any atom is 0.310 e. The van der Waals surface area contributed by atoms with Crippen molar-refractivity contribution in [2.24, 2.45) is 5.92 Å². The van der Waals surface area contributed by atoms with Gasteiger partial charge < -0.3 is 14.1 Å². The number of carbonyl (C=O) groups is 2. The molecule has 6 nitrogen and oxygen atoms in total. The molecule has 6 heteroatoms. The number of hydrogen-bond donors (Lipinski definition) is 0. The lowest BCUT2D eigenvalue weighted by Gasteiger charge is -2.35. The molecule has 1 atom stereocenters. The largest absolute Gasteiger partial charge is 0.466 e. The van der Waals surface area contributed by atoms with Gasteiger partial charge in [0.25, 0.3) is 5.91 Å². The summed E-state index contributed by atoms with van der Waals surface area (Å²) < 4.78 is 11.1. The molecule has 0 spiro atoms. The Balaban J connectivity index is 1.67. The number of rotatable bonds is 7. The molecule has 0 saturated carbocycles. The second kappa shape index (κ2) is 10.3. The van der Waals surface area contributed by atoms with Gasteiger partial charge in [-0.05, 0) is 65.2 Å². The van der Waals surface area contributed by atoms with Gasteiger partial charge in [-0.3, -0.25) is 14.5 Å². The molecule has 0 N–H and O–H groups in total. The average molecular weight is 441 g/mol. The third kappa shape index (κ3) is 6.22. The van der Waals surface area contributed by atoms with Crippen molar-refractivity contribution in [3.63, 3.8) is 0 Å². The van der Waals surface area contributed by atoms with Crippen LogP contribution in [-0.4, -0.2) is 46.9 Å². The molecular weight excluding hydrogens is 404 g/mol. The van der Waals surface area contributed by atoms with E-state index in [2.05, 4.69) is 56.9 Å². The summed E-state index contributed by atoms with van der Waals surface area (Å²) >= 11 is 0. The molecule has 1 amide bonds. The van der Waals surface area contributed by atoms with E-state index in [-0.39, 0.29) is 23.3 Å². The summed E-state index contributed by atoms with van der Waals surface area (Å²) in [7, 11) is 0. The van der Waals surface area contributed by atoms with E-state index >= 15 is 0 Å². The molecule has 2 heterocycles. The fourth-order valence-electron chi connectivity index (χ4n) is 3.98.